The van der Waals surface area contributed by atoms with Gasteiger partial charge in [0, 0.05) is 10.0 Å². The molecule has 6 heteroatoms. The van der Waals surface area contributed by atoms with Crippen LogP contribution in [-0.2, 0) is 0 Å². The third-order valence-electron chi connectivity index (χ3n) is 3.11. The van der Waals surface area contributed by atoms with E-state index >= 15 is 0 Å². The molecule has 0 atom stereocenters. The van der Waals surface area contributed by atoms with Gasteiger partial charge >= 0.3 is 0 Å². The second-order valence-electron chi connectivity index (χ2n) is 4.39. The third kappa shape index (κ3) is 2.77. The molecule has 0 saturated heterocycles. The van der Waals surface area contributed by atoms with Gasteiger partial charge in [-0.15, -0.1) is 0 Å². The first-order valence-corrected chi connectivity index (χ1v) is 7.47. The first-order valence-electron chi connectivity index (χ1n) is 6.27. The van der Waals surface area contributed by atoms with Crippen molar-refractivity contribution < 1.29 is 4.74 Å². The van der Waals surface area contributed by atoms with Crippen LogP contribution in [-0.4, -0.2) is 21.9 Å². The van der Waals surface area contributed by atoms with E-state index in [1.54, 1.807) is 7.11 Å². The Balaban J connectivity index is 2.11. The molecule has 0 aliphatic rings. The number of benzene rings is 2. The van der Waals surface area contributed by atoms with Gasteiger partial charge in [-0.1, -0.05) is 15.9 Å². The van der Waals surface area contributed by atoms with Crippen molar-refractivity contribution in [1.29, 1.82) is 0 Å². The molecule has 0 fully saturated rings. The van der Waals surface area contributed by atoms with Gasteiger partial charge in [0.05, 0.1) is 12.8 Å². The lowest BCUT2D eigenvalue weighted by molar-refractivity contribution is 0.415. The molecular weight excluding hydrogens is 350 g/mol. The Morgan fingerprint density at radius 1 is 1.10 bits per heavy atom. The lowest BCUT2D eigenvalue weighted by Gasteiger charge is -2.07. The van der Waals surface area contributed by atoms with Crippen LogP contribution in [0.4, 0.5) is 0 Å². The molecule has 4 nitrogen and oxygen atoms in total. The summed E-state index contributed by atoms with van der Waals surface area (Å²) in [7, 11) is 1.65. The Labute approximate surface area is 135 Å². The molecule has 0 aliphatic carbocycles. The summed E-state index contributed by atoms with van der Waals surface area (Å²) in [5.74, 6) is 1.58. The summed E-state index contributed by atoms with van der Waals surface area (Å²) in [4.78, 5) is 0. The zero-order valence-electron chi connectivity index (χ0n) is 11.2. The molecule has 0 aliphatic heterocycles. The van der Waals surface area contributed by atoms with E-state index in [4.69, 9.17) is 17.0 Å². The van der Waals surface area contributed by atoms with Gasteiger partial charge in [0.25, 0.3) is 0 Å². The maximum atomic E-state index is 5.34. The average molecular weight is 362 g/mol. The van der Waals surface area contributed by atoms with Crippen molar-refractivity contribution in [2.24, 2.45) is 0 Å². The molecule has 0 amide bonds. The van der Waals surface area contributed by atoms with Crippen LogP contribution >= 0.6 is 28.1 Å². The number of nitrogens with one attached hydrogen (secondary N) is 1. The van der Waals surface area contributed by atoms with E-state index in [2.05, 4.69) is 26.1 Å². The molecule has 3 rings (SSSR count). The number of hydrogen-bond acceptors (Lipinski definition) is 3. The van der Waals surface area contributed by atoms with Crippen molar-refractivity contribution in [3.05, 3.63) is 57.8 Å². The van der Waals surface area contributed by atoms with Crippen LogP contribution < -0.4 is 4.74 Å². The van der Waals surface area contributed by atoms with Gasteiger partial charge in [-0.2, -0.15) is 5.10 Å². The zero-order valence-corrected chi connectivity index (χ0v) is 13.6. The summed E-state index contributed by atoms with van der Waals surface area (Å²) in [6, 6.07) is 15.6. The normalized spacial score (nSPS) is 10.6. The lowest BCUT2D eigenvalue weighted by atomic mass is 10.2. The molecule has 21 heavy (non-hydrogen) atoms. The molecule has 106 valence electrons. The molecule has 0 spiro atoms. The standard InChI is InChI=1S/C15H12BrN3OS/c1-20-13-8-2-10(3-9-13)14-17-18-15(21)19(14)12-6-4-11(16)5-7-12/h2-9H,1H3,(H,18,21). The predicted molar refractivity (Wildman–Crippen MR) is 88.4 cm³/mol. The third-order valence-corrected chi connectivity index (χ3v) is 3.91. The molecular formula is C15H12BrN3OS. The van der Waals surface area contributed by atoms with Gasteiger partial charge in [-0.25, -0.2) is 0 Å². The first-order chi connectivity index (χ1) is 10.2. The van der Waals surface area contributed by atoms with E-state index < -0.39 is 0 Å². The Hall–Kier alpha value is -1.92. The number of aromatic amines is 1. The highest BCUT2D eigenvalue weighted by Gasteiger charge is 2.10. The summed E-state index contributed by atoms with van der Waals surface area (Å²) in [5.41, 5.74) is 1.92. The first kappa shape index (κ1) is 14.0. The highest BCUT2D eigenvalue weighted by Crippen LogP contribution is 2.24. The topological polar surface area (TPSA) is 42.8 Å². The molecule has 2 aromatic carbocycles. The van der Waals surface area contributed by atoms with E-state index in [1.807, 2.05) is 53.1 Å². The van der Waals surface area contributed by atoms with E-state index in [0.29, 0.717) is 4.77 Å². The molecule has 3 aromatic rings. The van der Waals surface area contributed by atoms with Crippen molar-refractivity contribution in [2.75, 3.05) is 7.11 Å². The second-order valence-corrected chi connectivity index (χ2v) is 5.70. The minimum atomic E-state index is 0.558. The Kier molecular flexibility index (Phi) is 3.90. The van der Waals surface area contributed by atoms with Crippen molar-refractivity contribution >= 4 is 28.1 Å². The van der Waals surface area contributed by atoms with Gasteiger partial charge in [0.2, 0.25) is 0 Å². The number of ether oxygens (including phenoxy) is 1. The van der Waals surface area contributed by atoms with Gasteiger partial charge in [-0.3, -0.25) is 9.67 Å². The summed E-state index contributed by atoms with van der Waals surface area (Å²) < 4.78 is 8.66. The molecule has 0 radical (unpaired) electrons. The summed E-state index contributed by atoms with van der Waals surface area (Å²) in [6.07, 6.45) is 0. The number of halogens is 1. The van der Waals surface area contributed by atoms with Crippen LogP contribution in [0.15, 0.2) is 53.0 Å². The largest absolute Gasteiger partial charge is 0.497 e. The fourth-order valence-corrected chi connectivity index (χ4v) is 2.56. The van der Waals surface area contributed by atoms with Gasteiger partial charge in [-0.05, 0) is 60.7 Å². The van der Waals surface area contributed by atoms with E-state index in [1.165, 1.54) is 0 Å². The van der Waals surface area contributed by atoms with Crippen molar-refractivity contribution in [3.63, 3.8) is 0 Å². The summed E-state index contributed by atoms with van der Waals surface area (Å²) in [5, 5.41) is 7.18. The number of hydrogen-bond donors (Lipinski definition) is 1. The average Bonchev–Trinajstić information content (AvgIpc) is 2.90. The maximum absolute atomic E-state index is 5.34. The van der Waals surface area contributed by atoms with E-state index in [0.717, 1.165) is 27.3 Å². The number of nitrogens with zero attached hydrogens (tertiary/aromatic N) is 2. The van der Waals surface area contributed by atoms with Crippen LogP contribution in [0.5, 0.6) is 5.75 Å². The Morgan fingerprint density at radius 3 is 2.38 bits per heavy atom. The number of H-pyrrole nitrogens is 1. The molecule has 0 unspecified atom stereocenters. The summed E-state index contributed by atoms with van der Waals surface area (Å²) in [6.45, 7) is 0. The SMILES string of the molecule is COc1ccc(-c2n[nH]c(=S)n2-c2ccc(Br)cc2)cc1. The minimum Gasteiger partial charge on any atom is -0.497 e. The Morgan fingerprint density at radius 2 is 1.76 bits per heavy atom. The maximum Gasteiger partial charge on any atom is 0.200 e. The van der Waals surface area contributed by atoms with Crippen molar-refractivity contribution in [1.82, 2.24) is 14.8 Å². The molecule has 1 N–H and O–H groups in total. The van der Waals surface area contributed by atoms with Crippen LogP contribution in [0.3, 0.4) is 0 Å². The predicted octanol–water partition coefficient (Wildman–Crippen LogP) is 4.37. The minimum absolute atomic E-state index is 0.558. The number of methoxy groups -OCH3 is 1. The summed E-state index contributed by atoms with van der Waals surface area (Å²) >= 11 is 8.78. The van der Waals surface area contributed by atoms with Crippen molar-refractivity contribution in [2.45, 2.75) is 0 Å². The fourth-order valence-electron chi connectivity index (χ4n) is 2.06. The van der Waals surface area contributed by atoms with Crippen molar-refractivity contribution in [3.8, 4) is 22.8 Å². The second kappa shape index (κ2) is 5.83. The number of aromatic nitrogens is 3. The smallest absolute Gasteiger partial charge is 0.200 e. The molecule has 1 heterocycles. The fraction of sp³-hybridized carbons (Fsp3) is 0.0667. The number of rotatable bonds is 3. The van der Waals surface area contributed by atoms with Crippen LogP contribution in [0.25, 0.3) is 17.1 Å². The monoisotopic (exact) mass is 361 g/mol. The van der Waals surface area contributed by atoms with Gasteiger partial charge in [0.1, 0.15) is 5.75 Å². The quantitative estimate of drug-likeness (QED) is 0.704. The van der Waals surface area contributed by atoms with Crippen LogP contribution in [0.1, 0.15) is 0 Å². The zero-order chi connectivity index (χ0) is 14.8. The molecule has 1 aromatic heterocycles. The highest BCUT2D eigenvalue weighted by atomic mass is 79.9. The van der Waals surface area contributed by atoms with Crippen LogP contribution in [0.2, 0.25) is 0 Å². The lowest BCUT2D eigenvalue weighted by Crippen LogP contribution is -1.97. The Bertz CT molecular complexity index is 806. The molecule has 0 bridgehead atoms. The molecule has 0 saturated carbocycles. The van der Waals surface area contributed by atoms with E-state index in [9.17, 15) is 0 Å². The van der Waals surface area contributed by atoms with Gasteiger partial charge < -0.3 is 4.74 Å². The van der Waals surface area contributed by atoms with E-state index in [-0.39, 0.29) is 0 Å². The highest BCUT2D eigenvalue weighted by molar-refractivity contribution is 9.10. The van der Waals surface area contributed by atoms with Gasteiger partial charge in [0.15, 0.2) is 10.6 Å². The van der Waals surface area contributed by atoms with Crippen LogP contribution in [0, 0.1) is 4.77 Å².